The first-order chi connectivity index (χ1) is 26.8. The molecule has 1 aliphatic rings. The van der Waals surface area contributed by atoms with E-state index < -0.39 is 0 Å². The van der Waals surface area contributed by atoms with Gasteiger partial charge in [0.25, 0.3) is 0 Å². The fourth-order valence-corrected chi connectivity index (χ4v) is 8.36. The minimum Gasteiger partial charge on any atom is -0.359 e. The lowest BCUT2D eigenvalue weighted by Crippen LogP contribution is -2.32. The molecule has 0 radical (unpaired) electrons. The van der Waals surface area contributed by atoms with Crippen molar-refractivity contribution in [2.45, 2.75) is 6.04 Å². The predicted octanol–water partition coefficient (Wildman–Crippen LogP) is 12.3. The van der Waals surface area contributed by atoms with Gasteiger partial charge in [-0.15, -0.1) is 0 Å². The Labute approximate surface area is 312 Å². The number of benzene rings is 8. The molecular weight excluding hydrogens is 657 g/mol. The second kappa shape index (κ2) is 12.2. The Morgan fingerprint density at radius 1 is 0.463 bits per heavy atom. The Balaban J connectivity index is 0.979. The average molecular weight is 691 g/mol. The summed E-state index contributed by atoms with van der Waals surface area (Å²) in [5.74, 6) is 0.867. The number of nitrogens with zero attached hydrogens (tertiary/aromatic N) is 3. The number of amidine groups is 1. The van der Waals surface area contributed by atoms with Gasteiger partial charge < -0.3 is 14.5 Å². The molecule has 4 nitrogen and oxygen atoms in total. The van der Waals surface area contributed by atoms with Crippen LogP contribution in [-0.4, -0.2) is 15.0 Å². The van der Waals surface area contributed by atoms with Crippen LogP contribution < -0.4 is 5.32 Å². The maximum absolute atomic E-state index is 5.15. The van der Waals surface area contributed by atoms with Crippen LogP contribution in [0.5, 0.6) is 0 Å². The number of fused-ring (bicyclic) bond motifs is 7. The lowest BCUT2D eigenvalue weighted by Gasteiger charge is -2.28. The number of nitrogens with one attached hydrogen (secondary N) is 1. The molecule has 1 aliphatic heterocycles. The minimum absolute atomic E-state index is 0.0320. The summed E-state index contributed by atoms with van der Waals surface area (Å²) < 4.78 is 4.73. The zero-order chi connectivity index (χ0) is 35.6. The summed E-state index contributed by atoms with van der Waals surface area (Å²) in [7, 11) is 0. The van der Waals surface area contributed by atoms with Crippen molar-refractivity contribution >= 4 is 55.0 Å². The highest BCUT2D eigenvalue weighted by Crippen LogP contribution is 2.39. The fraction of sp³-hybridized carbons (Fsp3) is 0.0200. The van der Waals surface area contributed by atoms with Crippen LogP contribution in [0.1, 0.15) is 22.7 Å². The summed E-state index contributed by atoms with van der Waals surface area (Å²) in [4.78, 5) is 5.15. The number of aromatic nitrogens is 2. The lowest BCUT2D eigenvalue weighted by atomic mass is 9.93. The van der Waals surface area contributed by atoms with Crippen molar-refractivity contribution in [3.63, 3.8) is 0 Å². The third kappa shape index (κ3) is 4.88. The van der Waals surface area contributed by atoms with Crippen molar-refractivity contribution in [3.8, 4) is 22.5 Å². The van der Waals surface area contributed by atoms with Crippen molar-refractivity contribution < 1.29 is 0 Å². The summed E-state index contributed by atoms with van der Waals surface area (Å²) in [6, 6.07) is 67.5. The maximum atomic E-state index is 5.15. The van der Waals surface area contributed by atoms with E-state index in [0.29, 0.717) is 0 Å². The van der Waals surface area contributed by atoms with E-state index in [1.807, 2.05) is 0 Å². The van der Waals surface area contributed by atoms with Gasteiger partial charge in [-0.3, -0.25) is 0 Å². The molecule has 254 valence electrons. The van der Waals surface area contributed by atoms with E-state index in [2.05, 4.69) is 209 Å². The second-order valence-corrected chi connectivity index (χ2v) is 14.1. The highest BCUT2D eigenvalue weighted by Gasteiger charge is 2.25. The van der Waals surface area contributed by atoms with E-state index in [4.69, 9.17) is 4.99 Å². The normalized spacial score (nSPS) is 14.0. The van der Waals surface area contributed by atoms with Gasteiger partial charge in [0.2, 0.25) is 0 Å². The zero-order valence-corrected chi connectivity index (χ0v) is 29.4. The van der Waals surface area contributed by atoms with Gasteiger partial charge in [0.1, 0.15) is 5.84 Å². The van der Waals surface area contributed by atoms with Gasteiger partial charge >= 0.3 is 0 Å². The van der Waals surface area contributed by atoms with E-state index in [-0.39, 0.29) is 6.04 Å². The molecular formula is C50H34N4. The van der Waals surface area contributed by atoms with Gasteiger partial charge in [0, 0.05) is 44.9 Å². The van der Waals surface area contributed by atoms with Crippen molar-refractivity contribution in [1.82, 2.24) is 14.5 Å². The van der Waals surface area contributed by atoms with E-state index in [1.54, 1.807) is 0 Å². The molecule has 0 fully saturated rings. The summed E-state index contributed by atoms with van der Waals surface area (Å²) in [6.45, 7) is 0. The molecule has 1 atom stereocenters. The van der Waals surface area contributed by atoms with E-state index in [1.165, 1.54) is 65.7 Å². The highest BCUT2D eigenvalue weighted by atomic mass is 15.1. The SMILES string of the molecule is c1ccc(-n2ccc3ccc4c5ccccc5n(-c5ccc(C6=Nc7ccccc7C(c7ccc(-c8ccc9ccccc9c8)cc7)N6)cc5)c4c32)cc1. The smallest absolute Gasteiger partial charge is 0.134 e. The van der Waals surface area contributed by atoms with E-state index in [9.17, 15) is 0 Å². The van der Waals surface area contributed by atoms with Crippen LogP contribution in [0.2, 0.25) is 0 Å². The molecule has 10 aromatic rings. The molecule has 0 spiro atoms. The Hall–Kier alpha value is -7.17. The first-order valence-corrected chi connectivity index (χ1v) is 18.5. The van der Waals surface area contributed by atoms with Gasteiger partial charge in [0.15, 0.2) is 0 Å². The van der Waals surface area contributed by atoms with Gasteiger partial charge in [0.05, 0.1) is 28.3 Å². The molecule has 0 bridgehead atoms. The molecule has 0 aliphatic carbocycles. The first kappa shape index (κ1) is 30.5. The van der Waals surface area contributed by atoms with Crippen molar-refractivity contribution in [3.05, 3.63) is 211 Å². The summed E-state index contributed by atoms with van der Waals surface area (Å²) in [5.41, 5.74) is 12.7. The molecule has 2 aromatic heterocycles. The lowest BCUT2D eigenvalue weighted by molar-refractivity contribution is 0.749. The van der Waals surface area contributed by atoms with Crippen LogP contribution in [0.25, 0.3) is 66.0 Å². The number of rotatable bonds is 5. The average Bonchev–Trinajstić information content (AvgIpc) is 3.83. The fourth-order valence-electron chi connectivity index (χ4n) is 8.36. The summed E-state index contributed by atoms with van der Waals surface area (Å²) in [6.07, 6.45) is 2.18. The van der Waals surface area contributed by atoms with Gasteiger partial charge in [-0.05, 0) is 88.1 Å². The summed E-state index contributed by atoms with van der Waals surface area (Å²) in [5, 5.41) is 10.0. The van der Waals surface area contributed by atoms with E-state index >= 15 is 0 Å². The van der Waals surface area contributed by atoms with Crippen molar-refractivity contribution in [2.75, 3.05) is 0 Å². The summed E-state index contributed by atoms with van der Waals surface area (Å²) >= 11 is 0. The topological polar surface area (TPSA) is 34.2 Å². The molecule has 3 heterocycles. The van der Waals surface area contributed by atoms with Gasteiger partial charge in [-0.2, -0.15) is 0 Å². The van der Waals surface area contributed by atoms with Crippen LogP contribution in [0.3, 0.4) is 0 Å². The molecule has 0 saturated heterocycles. The Kier molecular flexibility index (Phi) is 6.89. The van der Waals surface area contributed by atoms with Gasteiger partial charge in [-0.25, -0.2) is 4.99 Å². The molecule has 0 amide bonds. The third-order valence-corrected chi connectivity index (χ3v) is 11.0. The number of hydrogen-bond donors (Lipinski definition) is 1. The maximum Gasteiger partial charge on any atom is 0.134 e. The number of hydrogen-bond acceptors (Lipinski definition) is 2. The number of para-hydroxylation sites is 3. The zero-order valence-electron chi connectivity index (χ0n) is 29.4. The van der Waals surface area contributed by atoms with Gasteiger partial charge in [-0.1, -0.05) is 127 Å². The van der Waals surface area contributed by atoms with Crippen LogP contribution >= 0.6 is 0 Å². The molecule has 11 rings (SSSR count). The Bertz CT molecular complexity index is 3060. The monoisotopic (exact) mass is 690 g/mol. The molecule has 1 N–H and O–H groups in total. The molecule has 0 saturated carbocycles. The minimum atomic E-state index is -0.0320. The van der Waals surface area contributed by atoms with Crippen LogP contribution in [0.15, 0.2) is 199 Å². The third-order valence-electron chi connectivity index (χ3n) is 11.0. The standard InChI is InChI=1S/C50H34N4/c1-2-12-40(13-3-1)53-31-30-36-26-29-43-42-14-7-9-17-46(42)54(49(43)48(36)53)41-27-24-37(25-28-41)50-51-45-16-8-6-15-44(45)47(52-50)35-21-18-34(19-22-35)39-23-20-33-10-4-5-11-38(33)32-39/h1-32,47H,(H,51,52). The Morgan fingerprint density at radius 2 is 1.17 bits per heavy atom. The largest absolute Gasteiger partial charge is 0.359 e. The number of aliphatic imine (C=N–C) groups is 1. The molecule has 8 aromatic carbocycles. The molecule has 54 heavy (non-hydrogen) atoms. The Morgan fingerprint density at radius 3 is 2.04 bits per heavy atom. The van der Waals surface area contributed by atoms with Crippen molar-refractivity contribution in [1.29, 1.82) is 0 Å². The van der Waals surface area contributed by atoms with Crippen LogP contribution in [0.4, 0.5) is 5.69 Å². The molecule has 1 unspecified atom stereocenters. The predicted molar refractivity (Wildman–Crippen MR) is 225 cm³/mol. The highest BCUT2D eigenvalue weighted by molar-refractivity contribution is 6.18. The molecule has 4 heteroatoms. The second-order valence-electron chi connectivity index (χ2n) is 14.1. The van der Waals surface area contributed by atoms with Crippen molar-refractivity contribution in [2.24, 2.45) is 4.99 Å². The quantitative estimate of drug-likeness (QED) is 0.192. The van der Waals surface area contributed by atoms with E-state index in [0.717, 1.165) is 28.5 Å². The van der Waals surface area contributed by atoms with Crippen LogP contribution in [-0.2, 0) is 0 Å². The first-order valence-electron chi connectivity index (χ1n) is 18.5. The van der Waals surface area contributed by atoms with Crippen LogP contribution in [0, 0.1) is 0 Å².